The lowest BCUT2D eigenvalue weighted by Crippen LogP contribution is -2.10. The van der Waals surface area contributed by atoms with Gasteiger partial charge in [0, 0.05) is 10.7 Å². The van der Waals surface area contributed by atoms with Crippen molar-refractivity contribution in [1.82, 2.24) is 20.0 Å². The molecule has 0 aromatic carbocycles. The molecule has 2 heterocycles. The summed E-state index contributed by atoms with van der Waals surface area (Å²) in [6, 6.07) is 3.89. The van der Waals surface area contributed by atoms with Crippen molar-refractivity contribution in [3.05, 3.63) is 40.4 Å². The van der Waals surface area contributed by atoms with E-state index in [1.165, 1.54) is 0 Å². The highest BCUT2D eigenvalue weighted by molar-refractivity contribution is 9.10. The average molecular weight is 310 g/mol. The number of nitrogens with zero attached hydrogens (tertiary/aromatic N) is 4. The molecule has 1 atom stereocenters. The van der Waals surface area contributed by atoms with Gasteiger partial charge in [0.2, 0.25) is 0 Å². The van der Waals surface area contributed by atoms with Crippen LogP contribution in [0.1, 0.15) is 37.2 Å². The maximum absolute atomic E-state index is 5.99. The van der Waals surface area contributed by atoms with Gasteiger partial charge in [-0.15, -0.1) is 5.10 Å². The van der Waals surface area contributed by atoms with E-state index in [2.05, 4.69) is 38.1 Å². The minimum absolute atomic E-state index is 0.0263. The molecule has 1 unspecified atom stereocenters. The number of hydrogen-bond acceptors (Lipinski definition) is 4. The van der Waals surface area contributed by atoms with Crippen LogP contribution in [0.5, 0.6) is 0 Å². The van der Waals surface area contributed by atoms with Gasteiger partial charge in [-0.1, -0.05) is 18.6 Å². The van der Waals surface area contributed by atoms with Crippen molar-refractivity contribution in [2.45, 2.75) is 32.4 Å². The van der Waals surface area contributed by atoms with Gasteiger partial charge in [-0.05, 0) is 34.5 Å². The van der Waals surface area contributed by atoms with Crippen LogP contribution in [0.15, 0.2) is 29.0 Å². The first-order valence-corrected chi connectivity index (χ1v) is 6.74. The number of nitrogens with two attached hydrogens (primary N) is 1. The molecule has 0 spiro atoms. The van der Waals surface area contributed by atoms with E-state index in [0.717, 1.165) is 28.7 Å². The Morgan fingerprint density at radius 1 is 1.44 bits per heavy atom. The van der Waals surface area contributed by atoms with E-state index in [9.17, 15) is 0 Å². The van der Waals surface area contributed by atoms with Gasteiger partial charge in [0.25, 0.3) is 0 Å². The standard InChI is InChI=1S/C12H16BrN5/c1-2-3-11(14)12-8-18(17-16-12)7-10-5-4-9(13)6-15-10/h4-6,8,11H,2-3,7,14H2,1H3. The highest BCUT2D eigenvalue weighted by Crippen LogP contribution is 2.13. The first kappa shape index (κ1) is 13.2. The van der Waals surface area contributed by atoms with Crippen LogP contribution in [0, 0.1) is 0 Å². The molecule has 2 aromatic rings. The molecular weight excluding hydrogens is 294 g/mol. The van der Waals surface area contributed by atoms with E-state index < -0.39 is 0 Å². The monoisotopic (exact) mass is 309 g/mol. The molecule has 0 aliphatic carbocycles. The molecule has 0 saturated carbocycles. The van der Waals surface area contributed by atoms with Crippen molar-refractivity contribution < 1.29 is 0 Å². The molecule has 18 heavy (non-hydrogen) atoms. The van der Waals surface area contributed by atoms with Gasteiger partial charge in [0.1, 0.15) is 0 Å². The fourth-order valence-electron chi connectivity index (χ4n) is 1.69. The second-order valence-electron chi connectivity index (χ2n) is 4.20. The summed E-state index contributed by atoms with van der Waals surface area (Å²) < 4.78 is 2.73. The Bertz CT molecular complexity index is 493. The molecule has 2 rings (SSSR count). The van der Waals surface area contributed by atoms with Crippen molar-refractivity contribution in [1.29, 1.82) is 0 Å². The van der Waals surface area contributed by atoms with Crippen LogP contribution in [-0.4, -0.2) is 20.0 Å². The van der Waals surface area contributed by atoms with E-state index in [4.69, 9.17) is 5.73 Å². The van der Waals surface area contributed by atoms with Crippen LogP contribution in [-0.2, 0) is 6.54 Å². The Morgan fingerprint density at radius 2 is 2.28 bits per heavy atom. The van der Waals surface area contributed by atoms with E-state index in [1.807, 2.05) is 18.3 Å². The molecule has 0 aliphatic heterocycles. The third-order valence-electron chi connectivity index (χ3n) is 2.65. The predicted octanol–water partition coefficient (Wildman–Crippen LogP) is 2.28. The normalized spacial score (nSPS) is 12.6. The number of halogens is 1. The number of pyridine rings is 1. The average Bonchev–Trinajstić information content (AvgIpc) is 2.81. The van der Waals surface area contributed by atoms with Crippen molar-refractivity contribution in [2.24, 2.45) is 5.73 Å². The Balaban J connectivity index is 2.04. The van der Waals surface area contributed by atoms with Crippen LogP contribution < -0.4 is 5.73 Å². The van der Waals surface area contributed by atoms with E-state index in [0.29, 0.717) is 6.54 Å². The third kappa shape index (κ3) is 3.36. The minimum Gasteiger partial charge on any atom is -0.323 e. The Kier molecular flexibility index (Phi) is 4.43. The van der Waals surface area contributed by atoms with Crippen LogP contribution >= 0.6 is 15.9 Å². The van der Waals surface area contributed by atoms with Crippen LogP contribution in [0.4, 0.5) is 0 Å². The Hall–Kier alpha value is -1.27. The van der Waals surface area contributed by atoms with Crippen LogP contribution in [0.2, 0.25) is 0 Å². The summed E-state index contributed by atoms with van der Waals surface area (Å²) in [5.74, 6) is 0. The summed E-state index contributed by atoms with van der Waals surface area (Å²) in [4.78, 5) is 4.30. The van der Waals surface area contributed by atoms with E-state index in [1.54, 1.807) is 10.9 Å². The SMILES string of the molecule is CCCC(N)c1cn(Cc2ccc(Br)cn2)nn1. The Labute approximate surface area is 115 Å². The van der Waals surface area contributed by atoms with E-state index in [-0.39, 0.29) is 6.04 Å². The molecule has 6 heteroatoms. The van der Waals surface area contributed by atoms with Gasteiger partial charge in [-0.3, -0.25) is 4.98 Å². The lowest BCUT2D eigenvalue weighted by Gasteiger charge is -2.04. The number of rotatable bonds is 5. The summed E-state index contributed by atoms with van der Waals surface area (Å²) in [5.41, 5.74) is 7.78. The number of aromatic nitrogens is 4. The molecule has 2 N–H and O–H groups in total. The van der Waals surface area contributed by atoms with Gasteiger partial charge >= 0.3 is 0 Å². The molecule has 2 aromatic heterocycles. The Morgan fingerprint density at radius 3 is 2.94 bits per heavy atom. The van der Waals surface area contributed by atoms with Gasteiger partial charge in [-0.2, -0.15) is 0 Å². The summed E-state index contributed by atoms with van der Waals surface area (Å²) in [6.07, 6.45) is 5.64. The topological polar surface area (TPSA) is 69.6 Å². The van der Waals surface area contributed by atoms with Gasteiger partial charge in [-0.25, -0.2) is 4.68 Å². The fourth-order valence-corrected chi connectivity index (χ4v) is 1.92. The summed E-state index contributed by atoms with van der Waals surface area (Å²) in [7, 11) is 0. The zero-order valence-electron chi connectivity index (χ0n) is 10.3. The number of hydrogen-bond donors (Lipinski definition) is 1. The molecule has 96 valence electrons. The second-order valence-corrected chi connectivity index (χ2v) is 5.12. The lowest BCUT2D eigenvalue weighted by molar-refractivity contribution is 0.616. The van der Waals surface area contributed by atoms with Crippen molar-refractivity contribution in [2.75, 3.05) is 0 Å². The van der Waals surface area contributed by atoms with Crippen molar-refractivity contribution in [3.8, 4) is 0 Å². The quantitative estimate of drug-likeness (QED) is 0.920. The molecule has 0 bridgehead atoms. The first-order chi connectivity index (χ1) is 8.69. The lowest BCUT2D eigenvalue weighted by atomic mass is 10.1. The first-order valence-electron chi connectivity index (χ1n) is 5.95. The van der Waals surface area contributed by atoms with E-state index >= 15 is 0 Å². The smallest absolute Gasteiger partial charge is 0.0994 e. The zero-order chi connectivity index (χ0) is 13.0. The zero-order valence-corrected chi connectivity index (χ0v) is 11.8. The van der Waals surface area contributed by atoms with Gasteiger partial charge in [0.15, 0.2) is 0 Å². The molecule has 0 aliphatic rings. The van der Waals surface area contributed by atoms with Gasteiger partial charge < -0.3 is 5.73 Å². The summed E-state index contributed by atoms with van der Waals surface area (Å²) >= 11 is 3.36. The molecule has 0 radical (unpaired) electrons. The minimum atomic E-state index is -0.0263. The van der Waals surface area contributed by atoms with Gasteiger partial charge in [0.05, 0.1) is 30.2 Å². The summed E-state index contributed by atoms with van der Waals surface area (Å²) in [5, 5.41) is 8.17. The molecule has 5 nitrogen and oxygen atoms in total. The third-order valence-corrected chi connectivity index (χ3v) is 3.12. The predicted molar refractivity (Wildman–Crippen MR) is 72.9 cm³/mol. The highest BCUT2D eigenvalue weighted by Gasteiger charge is 2.09. The van der Waals surface area contributed by atoms with Crippen molar-refractivity contribution in [3.63, 3.8) is 0 Å². The maximum atomic E-state index is 5.99. The van der Waals surface area contributed by atoms with Crippen LogP contribution in [0.25, 0.3) is 0 Å². The van der Waals surface area contributed by atoms with Crippen LogP contribution in [0.3, 0.4) is 0 Å². The van der Waals surface area contributed by atoms with Crippen molar-refractivity contribution >= 4 is 15.9 Å². The largest absolute Gasteiger partial charge is 0.323 e. The second kappa shape index (κ2) is 6.06. The fraction of sp³-hybridized carbons (Fsp3) is 0.417. The maximum Gasteiger partial charge on any atom is 0.0994 e. The molecule has 0 saturated heterocycles. The summed E-state index contributed by atoms with van der Waals surface area (Å²) in [6.45, 7) is 2.72. The molecule has 0 amide bonds. The highest BCUT2D eigenvalue weighted by atomic mass is 79.9. The molecular formula is C12H16BrN5. The molecule has 0 fully saturated rings.